The van der Waals surface area contributed by atoms with Crippen LogP contribution >= 0.6 is 0 Å². The minimum absolute atomic E-state index is 0. The molecule has 0 aliphatic carbocycles. The largest absolute Gasteiger partial charge is 2.00 e. The summed E-state index contributed by atoms with van der Waals surface area (Å²) in [5.41, 5.74) is 0. The van der Waals surface area contributed by atoms with Gasteiger partial charge < -0.3 is 2.85 Å². The quantitative estimate of drug-likeness (QED) is 0.399. The van der Waals surface area contributed by atoms with Crippen molar-refractivity contribution in [3.05, 3.63) is 0 Å². The van der Waals surface area contributed by atoms with Gasteiger partial charge in [-0.3, -0.25) is 4.55 Å². The first-order chi connectivity index (χ1) is 2.56. The molecule has 0 rings (SSSR count). The zero-order valence-electron chi connectivity index (χ0n) is 6.09. The Kier molecular flexibility index (Phi) is 5.54. The summed E-state index contributed by atoms with van der Waals surface area (Å²) in [7, 11) is -3.66. The van der Waals surface area contributed by atoms with Crippen molar-refractivity contribution in [3.63, 3.8) is 0 Å². The maximum absolute atomic E-state index is 9.56. The Labute approximate surface area is 62.0 Å². The normalized spacial score (nSPS) is 10.0. The molecule has 0 aromatic heterocycles. The van der Waals surface area contributed by atoms with E-state index in [9.17, 15) is 8.42 Å². The smallest absolute Gasteiger partial charge is 1.00 e. The van der Waals surface area contributed by atoms with Crippen LogP contribution in [0.25, 0.3) is 0 Å². The molecular weight excluding hydrogens is 128 g/mol. The summed E-state index contributed by atoms with van der Waals surface area (Å²) in [6.45, 7) is 1.37. The molecule has 0 aromatic rings. The van der Waals surface area contributed by atoms with E-state index in [0.717, 1.165) is 0 Å². The SMILES string of the molecule is CCS(=O)(=O)O.[H-].[H-].[Mg+2]. The predicted molar refractivity (Wildman–Crippen MR) is 30.1 cm³/mol. The second-order valence-corrected chi connectivity index (χ2v) is 2.61. The van der Waals surface area contributed by atoms with Crippen LogP contribution in [0.4, 0.5) is 0 Å². The van der Waals surface area contributed by atoms with E-state index < -0.39 is 10.1 Å². The molecule has 0 saturated carbocycles. The van der Waals surface area contributed by atoms with Crippen LogP contribution in [-0.2, 0) is 10.1 Å². The summed E-state index contributed by atoms with van der Waals surface area (Å²) in [5, 5.41) is 0. The summed E-state index contributed by atoms with van der Waals surface area (Å²) >= 11 is 0. The minimum atomic E-state index is -3.66. The van der Waals surface area contributed by atoms with E-state index in [1.165, 1.54) is 6.92 Å². The molecule has 5 heteroatoms. The monoisotopic (exact) mass is 136 g/mol. The predicted octanol–water partition coefficient (Wildman–Crippen LogP) is -0.262. The molecule has 7 heavy (non-hydrogen) atoms. The van der Waals surface area contributed by atoms with Gasteiger partial charge in [0.15, 0.2) is 0 Å². The fraction of sp³-hybridized carbons (Fsp3) is 1.00. The van der Waals surface area contributed by atoms with Crippen molar-refractivity contribution < 1.29 is 15.8 Å². The van der Waals surface area contributed by atoms with E-state index >= 15 is 0 Å². The third kappa shape index (κ3) is 10.8. The molecule has 0 bridgehead atoms. The first kappa shape index (κ1) is 10.6. The van der Waals surface area contributed by atoms with Crippen molar-refractivity contribution in [1.82, 2.24) is 0 Å². The van der Waals surface area contributed by atoms with Crippen LogP contribution in [0.2, 0.25) is 0 Å². The zero-order chi connectivity index (χ0) is 5.21. The molecule has 0 amide bonds. The van der Waals surface area contributed by atoms with Gasteiger partial charge >= 0.3 is 23.1 Å². The molecule has 3 nitrogen and oxygen atoms in total. The van der Waals surface area contributed by atoms with Crippen LogP contribution in [0.5, 0.6) is 0 Å². The van der Waals surface area contributed by atoms with Gasteiger partial charge in [-0.2, -0.15) is 8.42 Å². The van der Waals surface area contributed by atoms with Gasteiger partial charge in [-0.1, -0.05) is 0 Å². The number of rotatable bonds is 1. The average molecular weight is 136 g/mol. The van der Waals surface area contributed by atoms with Crippen LogP contribution in [-0.4, -0.2) is 41.8 Å². The fourth-order valence-electron chi connectivity index (χ4n) is 0. The van der Waals surface area contributed by atoms with E-state index in [0.29, 0.717) is 0 Å². The van der Waals surface area contributed by atoms with Crippen LogP contribution in [0.1, 0.15) is 9.78 Å². The molecule has 0 aliphatic rings. The molecule has 1 N–H and O–H groups in total. The first-order valence-electron chi connectivity index (χ1n) is 1.51. The summed E-state index contributed by atoms with van der Waals surface area (Å²) in [6.07, 6.45) is 0. The molecule has 0 fully saturated rings. The average Bonchev–Trinajstić information content (AvgIpc) is 1.35. The van der Waals surface area contributed by atoms with Crippen molar-refractivity contribution in [1.29, 1.82) is 0 Å². The Morgan fingerprint density at radius 1 is 1.71 bits per heavy atom. The fourth-order valence-corrected chi connectivity index (χ4v) is 0. The molecule has 42 valence electrons. The number of hydrogen-bond donors (Lipinski definition) is 1. The Balaban J connectivity index is -0.0000000417. The van der Waals surface area contributed by atoms with Crippen LogP contribution in [0, 0.1) is 0 Å². The Morgan fingerprint density at radius 3 is 1.86 bits per heavy atom. The van der Waals surface area contributed by atoms with Gasteiger partial charge in [0.05, 0.1) is 5.75 Å². The van der Waals surface area contributed by atoms with Crippen molar-refractivity contribution in [2.75, 3.05) is 5.75 Å². The molecule has 0 saturated heterocycles. The Morgan fingerprint density at radius 2 is 1.86 bits per heavy atom. The van der Waals surface area contributed by atoms with E-state index in [1.807, 2.05) is 0 Å². The van der Waals surface area contributed by atoms with Crippen molar-refractivity contribution in [2.24, 2.45) is 0 Å². The molecular formula is C2H8MgO3S. The summed E-state index contributed by atoms with van der Waals surface area (Å²) < 4.78 is 26.9. The van der Waals surface area contributed by atoms with Gasteiger partial charge in [0.1, 0.15) is 0 Å². The third-order valence-electron chi connectivity index (χ3n) is 0.365. The van der Waals surface area contributed by atoms with Crippen molar-refractivity contribution in [3.8, 4) is 0 Å². The third-order valence-corrected chi connectivity index (χ3v) is 1.09. The summed E-state index contributed by atoms with van der Waals surface area (Å²) in [5.74, 6) is -0.201. The van der Waals surface area contributed by atoms with Gasteiger partial charge in [0, 0.05) is 0 Å². The van der Waals surface area contributed by atoms with Crippen molar-refractivity contribution >= 4 is 33.2 Å². The number of hydrogen-bond acceptors (Lipinski definition) is 2. The van der Waals surface area contributed by atoms with E-state index in [1.54, 1.807) is 0 Å². The molecule has 0 radical (unpaired) electrons. The van der Waals surface area contributed by atoms with Gasteiger partial charge in [0.25, 0.3) is 10.1 Å². The van der Waals surface area contributed by atoms with Gasteiger partial charge in [-0.25, -0.2) is 0 Å². The Bertz CT molecular complexity index is 122. The van der Waals surface area contributed by atoms with E-state index in [4.69, 9.17) is 4.55 Å². The molecule has 0 heterocycles. The molecule has 0 spiro atoms. The van der Waals surface area contributed by atoms with E-state index in [-0.39, 0.29) is 31.7 Å². The van der Waals surface area contributed by atoms with Crippen LogP contribution in [0.3, 0.4) is 0 Å². The van der Waals surface area contributed by atoms with Gasteiger partial charge in [0.2, 0.25) is 0 Å². The molecule has 0 aromatic carbocycles. The molecule has 0 unspecified atom stereocenters. The Hall–Kier alpha value is 0.676. The van der Waals surface area contributed by atoms with Crippen LogP contribution < -0.4 is 0 Å². The van der Waals surface area contributed by atoms with Crippen molar-refractivity contribution in [2.45, 2.75) is 6.92 Å². The second-order valence-electron chi connectivity index (χ2n) is 0.871. The minimum Gasteiger partial charge on any atom is -1.00 e. The maximum Gasteiger partial charge on any atom is 2.00 e. The maximum atomic E-state index is 9.56. The zero-order valence-corrected chi connectivity index (χ0v) is 6.32. The first-order valence-corrected chi connectivity index (χ1v) is 3.12. The summed E-state index contributed by atoms with van der Waals surface area (Å²) in [4.78, 5) is 0. The molecule has 0 atom stereocenters. The summed E-state index contributed by atoms with van der Waals surface area (Å²) in [6, 6.07) is 0. The van der Waals surface area contributed by atoms with E-state index in [2.05, 4.69) is 0 Å². The van der Waals surface area contributed by atoms with Crippen LogP contribution in [0.15, 0.2) is 0 Å². The molecule has 0 aliphatic heterocycles. The second kappa shape index (κ2) is 3.65. The van der Waals surface area contributed by atoms with Gasteiger partial charge in [-0.15, -0.1) is 0 Å². The van der Waals surface area contributed by atoms with Gasteiger partial charge in [-0.05, 0) is 6.92 Å². The topological polar surface area (TPSA) is 54.4 Å². The standard InChI is InChI=1S/C2H6O3S.Mg.2H/c1-2-6(3,4)5;;;/h2H2,1H3,(H,3,4,5);;;/q;+2;2*-1.